The minimum Gasteiger partial charge on any atom is -0.461 e. The lowest BCUT2D eigenvalue weighted by Gasteiger charge is -2.19. The lowest BCUT2D eigenvalue weighted by Crippen LogP contribution is -2.10. The Morgan fingerprint density at radius 2 is 1.62 bits per heavy atom. The molecule has 0 aromatic heterocycles. The molecule has 126 valence electrons. The van der Waals surface area contributed by atoms with Crippen LogP contribution in [0, 0.1) is 0 Å². The van der Waals surface area contributed by atoms with Gasteiger partial charge in [-0.2, -0.15) is 0 Å². The maximum atomic E-state index is 11.2. The molecule has 0 heterocycles. The number of rotatable bonds is 5. The van der Waals surface area contributed by atoms with Crippen molar-refractivity contribution in [2.45, 2.75) is 39.5 Å². The lowest BCUT2D eigenvalue weighted by atomic mass is 9.86. The lowest BCUT2D eigenvalue weighted by molar-refractivity contribution is -0.139. The highest BCUT2D eigenvalue weighted by atomic mass is 16.5. The van der Waals surface area contributed by atoms with E-state index in [1.165, 1.54) is 18.1 Å². The van der Waals surface area contributed by atoms with Crippen molar-refractivity contribution in [2.75, 3.05) is 6.61 Å². The maximum absolute atomic E-state index is 11.2. The summed E-state index contributed by atoms with van der Waals surface area (Å²) in [5.41, 5.74) is 4.87. The molecule has 0 bridgehead atoms. The van der Waals surface area contributed by atoms with Gasteiger partial charge < -0.3 is 4.74 Å². The zero-order valence-corrected chi connectivity index (χ0v) is 15.0. The molecule has 2 heteroatoms. The molecule has 0 saturated heterocycles. The Hall–Kier alpha value is -2.35. The summed E-state index contributed by atoms with van der Waals surface area (Å²) in [5, 5.41) is 0. The molecule has 0 unspecified atom stereocenters. The van der Waals surface area contributed by atoms with Crippen molar-refractivity contribution >= 4 is 12.0 Å². The van der Waals surface area contributed by atoms with Gasteiger partial charge in [-0.05, 0) is 34.1 Å². The average Bonchev–Trinajstić information content (AvgIpc) is 2.53. The van der Waals surface area contributed by atoms with Gasteiger partial charge in [-0.3, -0.25) is 4.79 Å². The quantitative estimate of drug-likeness (QED) is 0.710. The predicted molar refractivity (Wildman–Crippen MR) is 99.9 cm³/mol. The smallest absolute Gasteiger partial charge is 0.302 e. The van der Waals surface area contributed by atoms with E-state index < -0.39 is 0 Å². The Morgan fingerprint density at radius 3 is 2.17 bits per heavy atom. The summed E-state index contributed by atoms with van der Waals surface area (Å²) < 4.78 is 5.22. The molecular weight excluding hydrogens is 296 g/mol. The summed E-state index contributed by atoms with van der Waals surface area (Å²) in [6.45, 7) is 8.39. The van der Waals surface area contributed by atoms with Crippen LogP contribution in [-0.2, 0) is 21.4 Å². The van der Waals surface area contributed by atoms with Gasteiger partial charge in [0, 0.05) is 6.92 Å². The molecule has 0 aliphatic rings. The van der Waals surface area contributed by atoms with Crippen LogP contribution in [0.2, 0.25) is 0 Å². The number of hydrogen-bond donors (Lipinski definition) is 0. The number of ether oxygens (including phenoxy) is 1. The fraction of sp³-hybridized carbons (Fsp3) is 0.318. The molecule has 0 aliphatic heterocycles. The van der Waals surface area contributed by atoms with Crippen molar-refractivity contribution in [1.29, 1.82) is 0 Å². The molecular formula is C22H26O2. The largest absolute Gasteiger partial charge is 0.461 e. The van der Waals surface area contributed by atoms with Crippen LogP contribution in [0.3, 0.4) is 0 Å². The summed E-state index contributed by atoms with van der Waals surface area (Å²) in [4.78, 5) is 11.2. The summed E-state index contributed by atoms with van der Waals surface area (Å²) in [6, 6.07) is 18.8. The van der Waals surface area contributed by atoms with Gasteiger partial charge in [0.1, 0.15) is 6.61 Å². The topological polar surface area (TPSA) is 26.3 Å². The van der Waals surface area contributed by atoms with Gasteiger partial charge in [-0.1, -0.05) is 81.4 Å². The molecule has 24 heavy (non-hydrogen) atoms. The molecule has 0 spiro atoms. The Kier molecular flexibility index (Phi) is 5.97. The fourth-order valence-corrected chi connectivity index (χ4v) is 2.51. The van der Waals surface area contributed by atoms with Crippen LogP contribution in [0.1, 0.15) is 44.4 Å². The molecule has 0 N–H and O–H groups in total. The standard InChI is InChI=1S/C22H26O2/c1-17(23)24-16-20(14-18-8-6-5-7-9-18)15-19-10-12-21(13-11-19)22(2,3)4/h5-13,15H,14,16H2,1-4H3. The second-order valence-corrected chi connectivity index (χ2v) is 7.12. The van der Waals surface area contributed by atoms with Crippen molar-refractivity contribution in [2.24, 2.45) is 0 Å². The van der Waals surface area contributed by atoms with E-state index in [4.69, 9.17) is 4.74 Å². The molecule has 2 nitrogen and oxygen atoms in total. The minimum atomic E-state index is -0.253. The Bertz CT molecular complexity index is 689. The Balaban J connectivity index is 2.21. The van der Waals surface area contributed by atoms with Gasteiger partial charge in [0.25, 0.3) is 0 Å². The minimum absolute atomic E-state index is 0.146. The third-order valence-corrected chi connectivity index (χ3v) is 3.88. The van der Waals surface area contributed by atoms with E-state index in [0.717, 1.165) is 17.6 Å². The zero-order valence-electron chi connectivity index (χ0n) is 15.0. The summed E-state index contributed by atoms with van der Waals surface area (Å²) in [5.74, 6) is -0.253. The van der Waals surface area contributed by atoms with Crippen LogP contribution in [0.15, 0.2) is 60.2 Å². The number of esters is 1. The normalized spacial score (nSPS) is 12.1. The molecule has 0 saturated carbocycles. The van der Waals surface area contributed by atoms with Crippen LogP contribution >= 0.6 is 0 Å². The molecule has 0 fully saturated rings. The van der Waals surface area contributed by atoms with E-state index in [9.17, 15) is 4.79 Å². The molecule has 0 radical (unpaired) electrons. The molecule has 2 rings (SSSR count). The van der Waals surface area contributed by atoms with Crippen molar-refractivity contribution in [1.82, 2.24) is 0 Å². The Morgan fingerprint density at radius 1 is 1.00 bits per heavy atom. The highest BCUT2D eigenvalue weighted by molar-refractivity contribution is 5.66. The fourth-order valence-electron chi connectivity index (χ4n) is 2.51. The number of carbonyl (C=O) groups is 1. The van der Waals surface area contributed by atoms with Crippen LogP contribution in [0.5, 0.6) is 0 Å². The number of hydrogen-bond acceptors (Lipinski definition) is 2. The van der Waals surface area contributed by atoms with Gasteiger partial charge >= 0.3 is 5.97 Å². The van der Waals surface area contributed by atoms with Crippen molar-refractivity contribution in [3.63, 3.8) is 0 Å². The van der Waals surface area contributed by atoms with Crippen LogP contribution in [0.4, 0.5) is 0 Å². The monoisotopic (exact) mass is 322 g/mol. The second kappa shape index (κ2) is 7.96. The SMILES string of the molecule is CC(=O)OCC(=Cc1ccc(C(C)(C)C)cc1)Cc1ccccc1. The van der Waals surface area contributed by atoms with Gasteiger partial charge in [-0.15, -0.1) is 0 Å². The molecule has 0 aliphatic carbocycles. The van der Waals surface area contributed by atoms with Gasteiger partial charge in [-0.25, -0.2) is 0 Å². The first-order valence-corrected chi connectivity index (χ1v) is 8.32. The van der Waals surface area contributed by atoms with Crippen LogP contribution in [0.25, 0.3) is 6.08 Å². The third-order valence-electron chi connectivity index (χ3n) is 3.88. The van der Waals surface area contributed by atoms with E-state index in [1.54, 1.807) is 0 Å². The average molecular weight is 322 g/mol. The first kappa shape index (κ1) is 18.0. The van der Waals surface area contributed by atoms with E-state index in [1.807, 2.05) is 18.2 Å². The predicted octanol–water partition coefficient (Wildman–Crippen LogP) is 5.17. The highest BCUT2D eigenvalue weighted by Crippen LogP contribution is 2.23. The summed E-state index contributed by atoms with van der Waals surface area (Å²) >= 11 is 0. The molecule has 0 atom stereocenters. The van der Waals surface area contributed by atoms with Gasteiger partial charge in [0.05, 0.1) is 0 Å². The first-order chi connectivity index (χ1) is 11.3. The van der Waals surface area contributed by atoms with Gasteiger partial charge in [0.2, 0.25) is 0 Å². The van der Waals surface area contributed by atoms with Crippen LogP contribution < -0.4 is 0 Å². The summed E-state index contributed by atoms with van der Waals surface area (Å²) in [6.07, 6.45) is 2.89. The van der Waals surface area contributed by atoms with E-state index >= 15 is 0 Å². The molecule has 2 aromatic carbocycles. The van der Waals surface area contributed by atoms with Crippen LogP contribution in [-0.4, -0.2) is 12.6 Å². The number of carbonyl (C=O) groups excluding carboxylic acids is 1. The zero-order chi connectivity index (χ0) is 17.6. The van der Waals surface area contributed by atoms with E-state index in [0.29, 0.717) is 6.61 Å². The highest BCUT2D eigenvalue weighted by Gasteiger charge is 2.12. The first-order valence-electron chi connectivity index (χ1n) is 8.32. The second-order valence-electron chi connectivity index (χ2n) is 7.12. The Labute approximate surface area is 145 Å². The van der Waals surface area contributed by atoms with E-state index in [-0.39, 0.29) is 11.4 Å². The van der Waals surface area contributed by atoms with Gasteiger partial charge in [0.15, 0.2) is 0 Å². The van der Waals surface area contributed by atoms with E-state index in [2.05, 4.69) is 63.2 Å². The van der Waals surface area contributed by atoms with Crippen molar-refractivity contribution in [3.8, 4) is 0 Å². The molecule has 0 amide bonds. The number of benzene rings is 2. The van der Waals surface area contributed by atoms with Crippen molar-refractivity contribution in [3.05, 3.63) is 76.9 Å². The molecule has 2 aromatic rings. The third kappa shape index (κ3) is 5.69. The summed E-state index contributed by atoms with van der Waals surface area (Å²) in [7, 11) is 0. The maximum Gasteiger partial charge on any atom is 0.302 e. The van der Waals surface area contributed by atoms with Crippen molar-refractivity contribution < 1.29 is 9.53 Å².